The van der Waals surface area contributed by atoms with E-state index in [1.807, 2.05) is 0 Å². The van der Waals surface area contributed by atoms with E-state index in [2.05, 4.69) is 48.5 Å². The second kappa shape index (κ2) is 6.89. The average molecular weight is 394 g/mol. The maximum absolute atomic E-state index is 6.24. The summed E-state index contributed by atoms with van der Waals surface area (Å²) in [5.41, 5.74) is 4.47. The van der Waals surface area contributed by atoms with E-state index in [0.29, 0.717) is 38.6 Å². The average Bonchev–Trinajstić information content (AvgIpc) is 3.58. The van der Waals surface area contributed by atoms with E-state index in [0.717, 1.165) is 26.1 Å². The van der Waals surface area contributed by atoms with E-state index < -0.39 is 0 Å². The van der Waals surface area contributed by atoms with Crippen molar-refractivity contribution in [2.24, 2.45) is 0 Å². The molecule has 5 heteroatoms. The molecule has 2 aromatic rings. The minimum atomic E-state index is -0.317. The van der Waals surface area contributed by atoms with Gasteiger partial charge in [0.25, 0.3) is 0 Å². The van der Waals surface area contributed by atoms with Crippen LogP contribution in [0.2, 0.25) is 0 Å². The van der Waals surface area contributed by atoms with E-state index in [9.17, 15) is 0 Å². The normalized spacial score (nSPS) is 34.1. The molecule has 4 saturated heterocycles. The van der Waals surface area contributed by atoms with Crippen LogP contribution in [-0.2, 0) is 47.7 Å². The number of benzene rings is 2. The van der Waals surface area contributed by atoms with Gasteiger partial charge in [0.2, 0.25) is 0 Å². The Balaban J connectivity index is 1.14. The van der Waals surface area contributed by atoms with Gasteiger partial charge in [-0.05, 0) is 22.3 Å². The zero-order chi connectivity index (χ0) is 19.3. The molecule has 0 aromatic heterocycles. The molecule has 0 amide bonds. The summed E-state index contributed by atoms with van der Waals surface area (Å²) in [7, 11) is 0. The van der Waals surface area contributed by atoms with Crippen LogP contribution in [-0.4, -0.2) is 51.8 Å². The Bertz CT molecular complexity index is 820. The third kappa shape index (κ3) is 3.74. The Morgan fingerprint density at radius 3 is 1.52 bits per heavy atom. The Morgan fingerprint density at radius 2 is 1.14 bits per heavy atom. The lowest BCUT2D eigenvalue weighted by atomic mass is 9.92. The molecule has 0 spiro atoms. The van der Waals surface area contributed by atoms with E-state index in [1.165, 1.54) is 22.3 Å². The lowest BCUT2D eigenvalue weighted by Gasteiger charge is -2.20. The van der Waals surface area contributed by atoms with E-state index in [4.69, 9.17) is 23.7 Å². The number of ether oxygens (including phenoxy) is 5. The lowest BCUT2D eigenvalue weighted by molar-refractivity contribution is 0.0398. The third-order valence-electron chi connectivity index (χ3n) is 6.37. The highest BCUT2D eigenvalue weighted by Gasteiger charge is 2.52. The van der Waals surface area contributed by atoms with Crippen molar-refractivity contribution in [3.63, 3.8) is 0 Å². The molecule has 152 valence electrons. The number of hydrogen-bond donors (Lipinski definition) is 0. The van der Waals surface area contributed by atoms with Crippen LogP contribution in [0, 0.1) is 0 Å². The smallest absolute Gasteiger partial charge is 0.140 e. The first-order valence-electron chi connectivity index (χ1n) is 10.5. The molecule has 0 N–H and O–H groups in total. The molecule has 0 aliphatic carbocycles. The highest BCUT2D eigenvalue weighted by Crippen LogP contribution is 2.44. The first-order chi connectivity index (χ1) is 14.3. The first kappa shape index (κ1) is 18.0. The van der Waals surface area contributed by atoms with Crippen molar-refractivity contribution in [2.75, 3.05) is 39.6 Å². The van der Waals surface area contributed by atoms with Gasteiger partial charge < -0.3 is 23.7 Å². The monoisotopic (exact) mass is 394 g/mol. The summed E-state index contributed by atoms with van der Waals surface area (Å²) in [6.07, 6.45) is 2.63. The number of hydrogen-bond acceptors (Lipinski definition) is 5. The van der Waals surface area contributed by atoms with Gasteiger partial charge in [-0.3, -0.25) is 0 Å². The van der Waals surface area contributed by atoms with Gasteiger partial charge in [-0.2, -0.15) is 0 Å². The Hall–Kier alpha value is -1.76. The van der Waals surface area contributed by atoms with Crippen molar-refractivity contribution >= 4 is 0 Å². The fraction of sp³-hybridized carbons (Fsp3) is 0.500. The van der Waals surface area contributed by atoms with Crippen molar-refractivity contribution in [3.05, 3.63) is 70.8 Å². The Morgan fingerprint density at radius 1 is 0.724 bits per heavy atom. The van der Waals surface area contributed by atoms with Crippen molar-refractivity contribution in [2.45, 2.75) is 36.3 Å². The van der Waals surface area contributed by atoms with Gasteiger partial charge in [-0.25, -0.2) is 0 Å². The highest BCUT2D eigenvalue weighted by atomic mass is 16.6. The molecular weight excluding hydrogens is 368 g/mol. The minimum absolute atomic E-state index is 0.317. The highest BCUT2D eigenvalue weighted by molar-refractivity contribution is 5.38. The molecule has 5 nitrogen and oxygen atoms in total. The van der Waals surface area contributed by atoms with E-state index in [1.54, 1.807) is 0 Å². The van der Waals surface area contributed by atoms with Gasteiger partial charge in [0.05, 0.1) is 51.8 Å². The summed E-state index contributed by atoms with van der Waals surface area (Å²) >= 11 is 0. The summed E-state index contributed by atoms with van der Waals surface area (Å²) in [6, 6.07) is 17.0. The molecule has 6 rings (SSSR count). The molecule has 4 unspecified atom stereocenters. The van der Waals surface area contributed by atoms with Crippen LogP contribution < -0.4 is 0 Å². The van der Waals surface area contributed by atoms with Crippen molar-refractivity contribution in [1.82, 2.24) is 0 Å². The molecule has 4 heterocycles. The summed E-state index contributed by atoms with van der Waals surface area (Å²) in [4.78, 5) is 0. The summed E-state index contributed by atoms with van der Waals surface area (Å²) < 4.78 is 28.9. The van der Waals surface area contributed by atoms with Crippen LogP contribution in [0.25, 0.3) is 0 Å². The molecule has 29 heavy (non-hydrogen) atoms. The van der Waals surface area contributed by atoms with Gasteiger partial charge in [-0.1, -0.05) is 48.5 Å². The third-order valence-corrected chi connectivity index (χ3v) is 6.37. The molecule has 0 bridgehead atoms. The second-order valence-electron chi connectivity index (χ2n) is 8.69. The van der Waals surface area contributed by atoms with E-state index in [-0.39, 0.29) is 11.2 Å². The van der Waals surface area contributed by atoms with Gasteiger partial charge in [-0.15, -0.1) is 0 Å². The molecule has 2 aromatic carbocycles. The number of rotatable bonds is 10. The predicted molar refractivity (Wildman–Crippen MR) is 106 cm³/mol. The topological polar surface area (TPSA) is 59.4 Å². The maximum atomic E-state index is 6.24. The van der Waals surface area contributed by atoms with Gasteiger partial charge in [0.15, 0.2) is 0 Å². The van der Waals surface area contributed by atoms with Crippen LogP contribution in [0.15, 0.2) is 48.5 Å². The largest absolute Gasteiger partial charge is 0.375 e. The molecule has 4 fully saturated rings. The summed E-state index contributed by atoms with van der Waals surface area (Å²) in [5.74, 6) is 0. The Labute approximate surface area is 170 Å². The lowest BCUT2D eigenvalue weighted by Crippen LogP contribution is -2.25. The quantitative estimate of drug-likeness (QED) is 0.580. The fourth-order valence-corrected chi connectivity index (χ4v) is 4.34. The van der Waals surface area contributed by atoms with Gasteiger partial charge in [0.1, 0.15) is 11.2 Å². The van der Waals surface area contributed by atoms with Crippen molar-refractivity contribution in [1.29, 1.82) is 0 Å². The number of epoxide rings is 4. The molecule has 4 aliphatic heterocycles. The van der Waals surface area contributed by atoms with E-state index >= 15 is 0 Å². The van der Waals surface area contributed by atoms with Gasteiger partial charge in [0, 0.05) is 12.8 Å². The standard InChI is InChI=1S/C24H26O5/c1-3-7-21(17(5-1)9-19-11-26-19)23(15-28-23)13-25-14-24(16-29-24)22-8-4-2-6-18(22)10-20-12-27-20/h1-8,19-20H,9-16H2. The molecule has 4 aliphatic rings. The maximum Gasteiger partial charge on any atom is 0.140 e. The van der Waals surface area contributed by atoms with Crippen LogP contribution in [0.1, 0.15) is 22.3 Å². The van der Waals surface area contributed by atoms with Crippen LogP contribution in [0.4, 0.5) is 0 Å². The van der Waals surface area contributed by atoms with Crippen molar-refractivity contribution < 1.29 is 23.7 Å². The summed E-state index contributed by atoms with van der Waals surface area (Å²) in [6.45, 7) is 4.24. The van der Waals surface area contributed by atoms with Gasteiger partial charge >= 0.3 is 0 Å². The molecular formula is C24H26O5. The van der Waals surface area contributed by atoms with Crippen LogP contribution in [0.3, 0.4) is 0 Å². The SMILES string of the molecule is c1ccc(C2(COCC3(c4ccccc4CC4CO4)CO3)CO2)c(CC2CO2)c1. The second-order valence-corrected chi connectivity index (χ2v) is 8.69. The zero-order valence-corrected chi connectivity index (χ0v) is 16.5. The molecule has 0 saturated carbocycles. The first-order valence-corrected chi connectivity index (χ1v) is 10.5. The minimum Gasteiger partial charge on any atom is -0.375 e. The Kier molecular flexibility index (Phi) is 4.29. The van der Waals surface area contributed by atoms with Crippen LogP contribution in [0.5, 0.6) is 0 Å². The zero-order valence-electron chi connectivity index (χ0n) is 16.5. The summed E-state index contributed by atoms with van der Waals surface area (Å²) in [5, 5.41) is 0. The fourth-order valence-electron chi connectivity index (χ4n) is 4.34. The molecule has 4 atom stereocenters. The van der Waals surface area contributed by atoms with Crippen molar-refractivity contribution in [3.8, 4) is 0 Å². The molecule has 0 radical (unpaired) electrons. The predicted octanol–water partition coefficient (Wildman–Crippen LogP) is 2.74. The van der Waals surface area contributed by atoms with Crippen LogP contribution >= 0.6 is 0 Å².